The Morgan fingerprint density at radius 3 is 2.82 bits per heavy atom. The second-order valence-electron chi connectivity index (χ2n) is 4.98. The van der Waals surface area contributed by atoms with Gasteiger partial charge in [0.05, 0.1) is 18.2 Å². The van der Waals surface area contributed by atoms with Crippen molar-refractivity contribution >= 4 is 11.9 Å². The minimum absolute atomic E-state index is 0.196. The van der Waals surface area contributed by atoms with E-state index >= 15 is 0 Å². The van der Waals surface area contributed by atoms with Crippen LogP contribution in [0, 0.1) is 0 Å². The summed E-state index contributed by atoms with van der Waals surface area (Å²) in [5.41, 5.74) is 1.20. The van der Waals surface area contributed by atoms with Crippen LogP contribution in [0.4, 0.5) is 0 Å². The molecule has 116 valence electrons. The third-order valence-corrected chi connectivity index (χ3v) is 2.75. The van der Waals surface area contributed by atoms with Crippen LogP contribution in [0.2, 0.25) is 0 Å². The Labute approximate surface area is 126 Å². The number of benzene rings is 1. The van der Waals surface area contributed by atoms with Crippen molar-refractivity contribution in [2.45, 2.75) is 32.9 Å². The van der Waals surface area contributed by atoms with Crippen molar-refractivity contribution in [3.8, 4) is 0 Å². The van der Waals surface area contributed by atoms with Crippen LogP contribution in [0.1, 0.15) is 35.6 Å². The molecule has 0 saturated carbocycles. The molecule has 8 heteroatoms. The molecule has 0 fully saturated rings. The molecule has 0 saturated heterocycles. The molecule has 0 aliphatic heterocycles. The highest BCUT2D eigenvalue weighted by Gasteiger charge is 2.13. The zero-order valence-corrected chi connectivity index (χ0v) is 12.3. The van der Waals surface area contributed by atoms with Gasteiger partial charge in [-0.15, -0.1) is 5.10 Å². The number of carboxylic acid groups (broad SMARTS) is 1. The molecule has 0 bridgehead atoms. The normalized spacial score (nSPS) is 10.7. The lowest BCUT2D eigenvalue weighted by Crippen LogP contribution is -2.13. The smallest absolute Gasteiger partial charge is 0.338 e. The third-order valence-electron chi connectivity index (χ3n) is 2.75. The Morgan fingerprint density at radius 2 is 2.14 bits per heavy atom. The summed E-state index contributed by atoms with van der Waals surface area (Å²) in [5, 5.41) is 19.7. The second kappa shape index (κ2) is 6.79. The third kappa shape index (κ3) is 4.11. The maximum Gasteiger partial charge on any atom is 0.338 e. The summed E-state index contributed by atoms with van der Waals surface area (Å²) in [6, 6.07) is 6.87. The second-order valence-corrected chi connectivity index (χ2v) is 4.98. The van der Waals surface area contributed by atoms with Gasteiger partial charge in [-0.25, -0.2) is 9.48 Å². The SMILES string of the molecule is CC(C)OC(=O)c1cccc(Cn2nnnc2CC(=O)O)c1. The molecular formula is C14H16N4O4. The first-order valence-corrected chi connectivity index (χ1v) is 6.72. The molecule has 1 heterocycles. The first-order valence-electron chi connectivity index (χ1n) is 6.72. The number of rotatable bonds is 6. The minimum atomic E-state index is -1.01. The average molecular weight is 304 g/mol. The number of hydrogen-bond donors (Lipinski definition) is 1. The van der Waals surface area contributed by atoms with Crippen molar-refractivity contribution in [2.24, 2.45) is 0 Å². The van der Waals surface area contributed by atoms with E-state index in [9.17, 15) is 9.59 Å². The zero-order chi connectivity index (χ0) is 16.1. The fourth-order valence-corrected chi connectivity index (χ4v) is 1.86. The predicted molar refractivity (Wildman–Crippen MR) is 75.3 cm³/mol. The number of carbonyl (C=O) groups is 2. The van der Waals surface area contributed by atoms with Crippen LogP contribution in [-0.4, -0.2) is 43.4 Å². The number of ether oxygens (including phenoxy) is 1. The van der Waals surface area contributed by atoms with Crippen molar-refractivity contribution < 1.29 is 19.4 Å². The number of aliphatic carboxylic acids is 1. The van der Waals surface area contributed by atoms with Crippen LogP contribution >= 0.6 is 0 Å². The van der Waals surface area contributed by atoms with Crippen LogP contribution in [0.5, 0.6) is 0 Å². The largest absolute Gasteiger partial charge is 0.481 e. The van der Waals surface area contributed by atoms with E-state index in [1.165, 1.54) is 4.68 Å². The number of esters is 1. The topological polar surface area (TPSA) is 107 Å². The minimum Gasteiger partial charge on any atom is -0.481 e. The molecule has 8 nitrogen and oxygen atoms in total. The van der Waals surface area contributed by atoms with Gasteiger partial charge in [0.25, 0.3) is 0 Å². The van der Waals surface area contributed by atoms with Crippen LogP contribution in [-0.2, 0) is 22.5 Å². The highest BCUT2D eigenvalue weighted by Crippen LogP contribution is 2.10. The highest BCUT2D eigenvalue weighted by atomic mass is 16.5. The first kappa shape index (κ1) is 15.6. The van der Waals surface area contributed by atoms with Gasteiger partial charge in [-0.1, -0.05) is 12.1 Å². The van der Waals surface area contributed by atoms with Crippen LogP contribution in [0.25, 0.3) is 0 Å². The molecular weight excluding hydrogens is 288 g/mol. The van der Waals surface area contributed by atoms with Gasteiger partial charge in [0, 0.05) is 0 Å². The summed E-state index contributed by atoms with van der Waals surface area (Å²) in [7, 11) is 0. The highest BCUT2D eigenvalue weighted by molar-refractivity contribution is 5.89. The predicted octanol–water partition coefficient (Wildman–Crippen LogP) is 0.914. The molecule has 0 atom stereocenters. The Balaban J connectivity index is 2.15. The van der Waals surface area contributed by atoms with Crippen molar-refractivity contribution in [3.05, 3.63) is 41.2 Å². The van der Waals surface area contributed by atoms with Gasteiger partial charge in [0.15, 0.2) is 5.82 Å². The van der Waals surface area contributed by atoms with E-state index in [0.717, 1.165) is 5.56 Å². The Bertz CT molecular complexity index is 681. The van der Waals surface area contributed by atoms with Crippen molar-refractivity contribution in [1.82, 2.24) is 20.2 Å². The average Bonchev–Trinajstić information content (AvgIpc) is 2.85. The number of hydrogen-bond acceptors (Lipinski definition) is 6. The maximum atomic E-state index is 11.9. The van der Waals surface area contributed by atoms with E-state index in [1.54, 1.807) is 38.1 Å². The Kier molecular flexibility index (Phi) is 4.82. The van der Waals surface area contributed by atoms with Gasteiger partial charge in [0.1, 0.15) is 6.42 Å². The van der Waals surface area contributed by atoms with E-state index < -0.39 is 11.9 Å². The summed E-state index contributed by atoms with van der Waals surface area (Å²) < 4.78 is 6.53. The number of aromatic nitrogens is 4. The monoisotopic (exact) mass is 304 g/mol. The number of nitrogens with zero attached hydrogens (tertiary/aromatic N) is 4. The van der Waals surface area contributed by atoms with Crippen LogP contribution < -0.4 is 0 Å². The molecule has 0 unspecified atom stereocenters. The van der Waals surface area contributed by atoms with Gasteiger partial charge in [-0.3, -0.25) is 4.79 Å². The van der Waals surface area contributed by atoms with Crippen molar-refractivity contribution in [3.63, 3.8) is 0 Å². The Hall–Kier alpha value is -2.77. The molecule has 2 rings (SSSR count). The zero-order valence-electron chi connectivity index (χ0n) is 12.3. The summed E-state index contributed by atoms with van der Waals surface area (Å²) in [6.45, 7) is 3.83. The van der Waals surface area contributed by atoms with Crippen molar-refractivity contribution in [2.75, 3.05) is 0 Å². The summed E-state index contributed by atoms with van der Waals surface area (Å²) >= 11 is 0. The Morgan fingerprint density at radius 1 is 1.36 bits per heavy atom. The molecule has 2 aromatic rings. The molecule has 1 N–H and O–H groups in total. The van der Waals surface area contributed by atoms with Gasteiger partial charge in [-0.05, 0) is 42.0 Å². The van der Waals surface area contributed by atoms with E-state index in [4.69, 9.17) is 9.84 Å². The lowest BCUT2D eigenvalue weighted by molar-refractivity contribution is -0.136. The van der Waals surface area contributed by atoms with Crippen LogP contribution in [0.3, 0.4) is 0 Å². The summed E-state index contributed by atoms with van der Waals surface area (Å²) in [5.74, 6) is -1.16. The molecule has 0 spiro atoms. The number of tetrazole rings is 1. The fourth-order valence-electron chi connectivity index (χ4n) is 1.86. The lowest BCUT2D eigenvalue weighted by atomic mass is 10.1. The molecule has 22 heavy (non-hydrogen) atoms. The van der Waals surface area contributed by atoms with Gasteiger partial charge < -0.3 is 9.84 Å². The maximum absolute atomic E-state index is 11.9. The standard InChI is InChI=1S/C14H16N4O4/c1-9(2)22-14(21)11-5-3-4-10(6-11)8-18-12(7-13(19)20)15-16-17-18/h3-6,9H,7-8H2,1-2H3,(H,19,20). The quantitative estimate of drug-likeness (QED) is 0.790. The summed E-state index contributed by atoms with van der Waals surface area (Å²) in [4.78, 5) is 22.6. The molecule has 0 aliphatic carbocycles. The summed E-state index contributed by atoms with van der Waals surface area (Å²) in [6.07, 6.45) is -0.458. The van der Waals surface area contributed by atoms with Crippen molar-refractivity contribution in [1.29, 1.82) is 0 Å². The fraction of sp³-hybridized carbons (Fsp3) is 0.357. The molecule has 1 aromatic carbocycles. The molecule has 0 aliphatic rings. The molecule has 0 radical (unpaired) electrons. The van der Waals surface area contributed by atoms with Crippen LogP contribution in [0.15, 0.2) is 24.3 Å². The van der Waals surface area contributed by atoms with Gasteiger partial charge in [0.2, 0.25) is 0 Å². The molecule has 0 amide bonds. The van der Waals surface area contributed by atoms with Gasteiger partial charge >= 0.3 is 11.9 Å². The lowest BCUT2D eigenvalue weighted by Gasteiger charge is -2.09. The van der Waals surface area contributed by atoms with E-state index in [1.807, 2.05) is 0 Å². The van der Waals surface area contributed by atoms with E-state index in [-0.39, 0.29) is 24.9 Å². The molecule has 1 aromatic heterocycles. The van der Waals surface area contributed by atoms with E-state index in [0.29, 0.717) is 5.56 Å². The number of carboxylic acids is 1. The number of carbonyl (C=O) groups excluding carboxylic acids is 1. The van der Waals surface area contributed by atoms with Gasteiger partial charge in [-0.2, -0.15) is 0 Å². The van der Waals surface area contributed by atoms with E-state index in [2.05, 4.69) is 15.5 Å². The first-order chi connectivity index (χ1) is 10.5.